The summed E-state index contributed by atoms with van der Waals surface area (Å²) in [6.45, 7) is -0.192. The van der Waals surface area contributed by atoms with E-state index in [1.807, 2.05) is 0 Å². The molecular formula is C12H20N2O4. The van der Waals surface area contributed by atoms with Crippen LogP contribution in [0.2, 0.25) is 0 Å². The smallest absolute Gasteiger partial charge is 0.303 e. The van der Waals surface area contributed by atoms with E-state index in [1.54, 1.807) is 0 Å². The molecule has 2 amide bonds. The summed E-state index contributed by atoms with van der Waals surface area (Å²) in [6, 6.07) is 0. The van der Waals surface area contributed by atoms with Crippen molar-refractivity contribution in [3.05, 3.63) is 0 Å². The first-order valence-corrected chi connectivity index (χ1v) is 6.20. The van der Waals surface area contributed by atoms with Gasteiger partial charge in [-0.3, -0.25) is 14.4 Å². The maximum Gasteiger partial charge on any atom is 0.303 e. The molecule has 0 aromatic heterocycles. The molecule has 1 fully saturated rings. The Morgan fingerprint density at radius 2 is 1.72 bits per heavy atom. The van der Waals surface area contributed by atoms with E-state index in [2.05, 4.69) is 5.32 Å². The van der Waals surface area contributed by atoms with E-state index >= 15 is 0 Å². The first-order chi connectivity index (χ1) is 8.43. The lowest BCUT2D eigenvalue weighted by molar-refractivity contribution is -0.141. The minimum Gasteiger partial charge on any atom is -0.481 e. The standard InChI is InChI=1S/C12H20N2O4/c13-9(15)8-14-10(16)6-12(7-11(17)18)4-2-1-3-5-12/h1-8H2,(H2,13,15)(H,14,16)(H,17,18). The van der Waals surface area contributed by atoms with Crippen LogP contribution in [0.25, 0.3) is 0 Å². The zero-order valence-electron chi connectivity index (χ0n) is 10.4. The summed E-state index contributed by atoms with van der Waals surface area (Å²) < 4.78 is 0. The lowest BCUT2D eigenvalue weighted by Gasteiger charge is -2.35. The molecule has 0 aliphatic heterocycles. The third kappa shape index (κ3) is 4.73. The van der Waals surface area contributed by atoms with Gasteiger partial charge in [-0.15, -0.1) is 0 Å². The second-order valence-electron chi connectivity index (χ2n) is 5.05. The molecule has 1 rings (SSSR count). The predicted octanol–water partition coefficient (Wildman–Crippen LogP) is 0.403. The Morgan fingerprint density at radius 1 is 1.11 bits per heavy atom. The molecule has 18 heavy (non-hydrogen) atoms. The second kappa shape index (κ2) is 6.37. The van der Waals surface area contributed by atoms with Gasteiger partial charge in [-0.2, -0.15) is 0 Å². The summed E-state index contributed by atoms with van der Waals surface area (Å²) in [4.78, 5) is 33.2. The van der Waals surface area contributed by atoms with E-state index in [0.717, 1.165) is 32.1 Å². The Bertz CT molecular complexity index is 335. The number of aliphatic carboxylic acids is 1. The Morgan fingerprint density at radius 3 is 2.22 bits per heavy atom. The van der Waals surface area contributed by atoms with E-state index in [-0.39, 0.29) is 25.3 Å². The number of nitrogens with one attached hydrogen (secondary N) is 1. The number of carboxylic acids is 1. The monoisotopic (exact) mass is 256 g/mol. The fourth-order valence-electron chi connectivity index (χ4n) is 2.63. The van der Waals surface area contributed by atoms with E-state index in [9.17, 15) is 14.4 Å². The Labute approximate surface area is 106 Å². The highest BCUT2D eigenvalue weighted by molar-refractivity contribution is 5.84. The van der Waals surface area contributed by atoms with Crippen molar-refractivity contribution in [3.63, 3.8) is 0 Å². The molecule has 0 radical (unpaired) electrons. The van der Waals surface area contributed by atoms with Gasteiger partial charge in [0.05, 0.1) is 13.0 Å². The SMILES string of the molecule is NC(=O)CNC(=O)CC1(CC(=O)O)CCCCC1. The molecule has 0 saturated heterocycles. The van der Waals surface area contributed by atoms with Crippen LogP contribution in [0.3, 0.4) is 0 Å². The van der Waals surface area contributed by atoms with Gasteiger partial charge in [0.15, 0.2) is 0 Å². The average molecular weight is 256 g/mol. The summed E-state index contributed by atoms with van der Waals surface area (Å²) >= 11 is 0. The molecule has 6 nitrogen and oxygen atoms in total. The van der Waals surface area contributed by atoms with Crippen LogP contribution in [0.15, 0.2) is 0 Å². The summed E-state index contributed by atoms with van der Waals surface area (Å²) in [7, 11) is 0. The summed E-state index contributed by atoms with van der Waals surface area (Å²) in [5.41, 5.74) is 4.49. The van der Waals surface area contributed by atoms with E-state index < -0.39 is 17.3 Å². The van der Waals surface area contributed by atoms with Crippen LogP contribution in [0.1, 0.15) is 44.9 Å². The Balaban J connectivity index is 2.57. The van der Waals surface area contributed by atoms with Gasteiger partial charge in [-0.25, -0.2) is 0 Å². The molecule has 4 N–H and O–H groups in total. The molecule has 6 heteroatoms. The minimum absolute atomic E-state index is 0.0109. The van der Waals surface area contributed by atoms with Gasteiger partial charge in [0.1, 0.15) is 0 Å². The lowest BCUT2D eigenvalue weighted by atomic mass is 9.69. The molecule has 0 heterocycles. The van der Waals surface area contributed by atoms with Crippen LogP contribution in [0.4, 0.5) is 0 Å². The minimum atomic E-state index is -0.875. The van der Waals surface area contributed by atoms with Gasteiger partial charge in [-0.05, 0) is 18.3 Å². The van der Waals surface area contributed by atoms with E-state index in [0.29, 0.717) is 0 Å². The van der Waals surface area contributed by atoms with Crippen molar-refractivity contribution in [2.45, 2.75) is 44.9 Å². The van der Waals surface area contributed by atoms with Crippen molar-refractivity contribution >= 4 is 17.8 Å². The van der Waals surface area contributed by atoms with Gasteiger partial charge in [0.2, 0.25) is 11.8 Å². The van der Waals surface area contributed by atoms with Crippen LogP contribution < -0.4 is 11.1 Å². The zero-order valence-corrected chi connectivity index (χ0v) is 10.4. The quantitative estimate of drug-likeness (QED) is 0.639. The number of carbonyl (C=O) groups is 3. The van der Waals surface area contributed by atoms with Crippen LogP contribution >= 0.6 is 0 Å². The van der Waals surface area contributed by atoms with Crippen LogP contribution in [-0.4, -0.2) is 29.4 Å². The van der Waals surface area contributed by atoms with Crippen molar-refractivity contribution in [3.8, 4) is 0 Å². The maximum atomic E-state index is 11.7. The van der Waals surface area contributed by atoms with E-state index in [1.165, 1.54) is 0 Å². The molecular weight excluding hydrogens is 236 g/mol. The summed E-state index contributed by atoms with van der Waals surface area (Å²) in [5, 5.41) is 11.4. The first kappa shape index (κ1) is 14.5. The van der Waals surface area contributed by atoms with E-state index in [4.69, 9.17) is 10.8 Å². The Kier molecular flexibility index (Phi) is 5.12. The number of carboxylic acid groups (broad SMARTS) is 1. The fourth-order valence-corrected chi connectivity index (χ4v) is 2.63. The zero-order chi connectivity index (χ0) is 13.6. The number of hydrogen-bond donors (Lipinski definition) is 3. The molecule has 0 atom stereocenters. The molecule has 0 aromatic rings. The Hall–Kier alpha value is -1.59. The molecule has 0 bridgehead atoms. The van der Waals surface area contributed by atoms with Crippen molar-refractivity contribution in [1.29, 1.82) is 0 Å². The fraction of sp³-hybridized carbons (Fsp3) is 0.750. The van der Waals surface area contributed by atoms with Crippen LogP contribution in [-0.2, 0) is 14.4 Å². The highest BCUT2D eigenvalue weighted by Crippen LogP contribution is 2.42. The lowest BCUT2D eigenvalue weighted by Crippen LogP contribution is -2.38. The van der Waals surface area contributed by atoms with Crippen molar-refractivity contribution in [2.75, 3.05) is 6.54 Å². The topological polar surface area (TPSA) is 109 Å². The van der Waals surface area contributed by atoms with Crippen molar-refractivity contribution in [1.82, 2.24) is 5.32 Å². The summed E-state index contributed by atoms with van der Waals surface area (Å²) in [5.74, 6) is -1.77. The molecule has 1 saturated carbocycles. The molecule has 102 valence electrons. The molecule has 1 aliphatic carbocycles. The molecule has 0 unspecified atom stereocenters. The normalized spacial score (nSPS) is 18.0. The number of hydrogen-bond acceptors (Lipinski definition) is 3. The van der Waals surface area contributed by atoms with Gasteiger partial charge in [0.25, 0.3) is 0 Å². The molecule has 0 spiro atoms. The predicted molar refractivity (Wildman–Crippen MR) is 64.6 cm³/mol. The summed E-state index contributed by atoms with van der Waals surface area (Å²) in [6.07, 6.45) is 4.67. The largest absolute Gasteiger partial charge is 0.481 e. The van der Waals surface area contributed by atoms with Crippen LogP contribution in [0, 0.1) is 5.41 Å². The second-order valence-corrected chi connectivity index (χ2v) is 5.05. The number of carbonyl (C=O) groups excluding carboxylic acids is 2. The van der Waals surface area contributed by atoms with Crippen LogP contribution in [0.5, 0.6) is 0 Å². The van der Waals surface area contributed by atoms with Crippen molar-refractivity contribution < 1.29 is 19.5 Å². The average Bonchev–Trinajstić information content (AvgIpc) is 2.26. The molecule has 1 aliphatic rings. The van der Waals surface area contributed by atoms with Gasteiger partial charge in [-0.1, -0.05) is 19.3 Å². The number of amides is 2. The van der Waals surface area contributed by atoms with Gasteiger partial charge in [0, 0.05) is 6.42 Å². The number of primary amides is 1. The maximum absolute atomic E-state index is 11.7. The highest BCUT2D eigenvalue weighted by atomic mass is 16.4. The molecule has 0 aromatic carbocycles. The first-order valence-electron chi connectivity index (χ1n) is 6.20. The van der Waals surface area contributed by atoms with Gasteiger partial charge >= 0.3 is 5.97 Å². The number of rotatable bonds is 6. The van der Waals surface area contributed by atoms with Gasteiger partial charge < -0.3 is 16.2 Å². The van der Waals surface area contributed by atoms with Crippen molar-refractivity contribution in [2.24, 2.45) is 11.1 Å². The third-order valence-corrected chi connectivity index (χ3v) is 3.44. The highest BCUT2D eigenvalue weighted by Gasteiger charge is 2.36. The third-order valence-electron chi connectivity index (χ3n) is 3.44. The number of nitrogens with two attached hydrogens (primary N) is 1.